The molecule has 3 aromatic rings. The van der Waals surface area contributed by atoms with Gasteiger partial charge >= 0.3 is 0 Å². The maximum absolute atomic E-state index is 14.5. The van der Waals surface area contributed by atoms with Gasteiger partial charge in [0.15, 0.2) is 17.3 Å². The van der Waals surface area contributed by atoms with Crippen LogP contribution in [0.2, 0.25) is 0 Å². The summed E-state index contributed by atoms with van der Waals surface area (Å²) < 4.78 is 11.3. The standard InChI is InChI=1S/C31H27NO5/c1-17-9-12-24-19(15-17)10-14-26-31(29(34)21-7-5-6-8-22(21)30(31)35)27(28(18(2)33)32(24)26)23-16-20(36-3)11-13-25(23)37-4/h5-16,26-28H,1-4H3/t26-,27+,28+/m1/s1. The van der Waals surface area contributed by atoms with Crippen LogP contribution in [-0.2, 0) is 4.79 Å². The zero-order valence-electron chi connectivity index (χ0n) is 21.1. The number of fused-ring (bicyclic) bond motifs is 5. The van der Waals surface area contributed by atoms with Crippen LogP contribution in [0.15, 0.2) is 66.7 Å². The minimum absolute atomic E-state index is 0.130. The van der Waals surface area contributed by atoms with Crippen LogP contribution >= 0.6 is 0 Å². The maximum Gasteiger partial charge on any atom is 0.180 e. The topological polar surface area (TPSA) is 72.9 Å². The number of anilines is 1. The summed E-state index contributed by atoms with van der Waals surface area (Å²) in [7, 11) is 3.11. The normalized spacial score (nSPS) is 22.6. The predicted octanol–water partition coefficient (Wildman–Crippen LogP) is 5.03. The Morgan fingerprint density at radius 3 is 2.24 bits per heavy atom. The highest BCUT2D eigenvalue weighted by Crippen LogP contribution is 2.61. The van der Waals surface area contributed by atoms with Crippen LogP contribution in [0.5, 0.6) is 11.5 Å². The summed E-state index contributed by atoms with van der Waals surface area (Å²) in [4.78, 5) is 44.6. The Morgan fingerprint density at radius 2 is 1.62 bits per heavy atom. The van der Waals surface area contributed by atoms with E-state index in [9.17, 15) is 14.4 Å². The van der Waals surface area contributed by atoms with Gasteiger partial charge in [0, 0.05) is 28.3 Å². The first-order valence-electron chi connectivity index (χ1n) is 12.3. The van der Waals surface area contributed by atoms with Crippen molar-refractivity contribution in [2.75, 3.05) is 19.1 Å². The van der Waals surface area contributed by atoms with Gasteiger partial charge in [0.05, 0.1) is 26.3 Å². The second kappa shape index (κ2) is 8.17. The van der Waals surface area contributed by atoms with Crippen LogP contribution in [0.1, 0.15) is 50.2 Å². The Morgan fingerprint density at radius 1 is 0.919 bits per heavy atom. The molecule has 0 amide bonds. The number of aryl methyl sites for hydroxylation is 1. The fourth-order valence-corrected chi connectivity index (χ4v) is 6.67. The van der Waals surface area contributed by atoms with E-state index in [-0.39, 0.29) is 17.3 Å². The Hall–Kier alpha value is -4.19. The SMILES string of the molecule is COc1ccc(OC)c([C@H]2[C@H](C(C)=O)N3c4ccc(C)cc4C=C[C@@H]3C23C(=O)c2ccccc2C3=O)c1. The van der Waals surface area contributed by atoms with Gasteiger partial charge in [-0.25, -0.2) is 0 Å². The van der Waals surface area contributed by atoms with Crippen molar-refractivity contribution in [3.05, 3.63) is 94.6 Å². The lowest BCUT2D eigenvalue weighted by molar-refractivity contribution is -0.118. The van der Waals surface area contributed by atoms with E-state index in [1.807, 2.05) is 36.1 Å². The molecule has 0 radical (unpaired) electrons. The monoisotopic (exact) mass is 493 g/mol. The average Bonchev–Trinajstić information content (AvgIpc) is 3.34. The Labute approximate surface area is 215 Å². The van der Waals surface area contributed by atoms with Gasteiger partial charge in [-0.1, -0.05) is 48.0 Å². The summed E-state index contributed by atoms with van der Waals surface area (Å²) in [5.74, 6) is -0.399. The van der Waals surface area contributed by atoms with Crippen LogP contribution in [0.4, 0.5) is 5.69 Å². The average molecular weight is 494 g/mol. The van der Waals surface area contributed by atoms with Crippen molar-refractivity contribution >= 4 is 29.1 Å². The number of benzene rings is 3. The van der Waals surface area contributed by atoms with Crippen LogP contribution in [0.3, 0.4) is 0 Å². The molecule has 3 aliphatic rings. The first-order chi connectivity index (χ1) is 17.8. The number of methoxy groups -OCH3 is 2. The number of Topliss-reactive ketones (excluding diaryl/α,β-unsaturated/α-hetero) is 3. The van der Waals surface area contributed by atoms with Gasteiger partial charge in [-0.3, -0.25) is 14.4 Å². The molecule has 2 heterocycles. The van der Waals surface area contributed by atoms with Crippen LogP contribution in [-0.4, -0.2) is 43.7 Å². The molecule has 1 aliphatic carbocycles. The lowest BCUT2D eigenvalue weighted by Gasteiger charge is -2.37. The Kier molecular flexibility index (Phi) is 5.13. The van der Waals surface area contributed by atoms with E-state index >= 15 is 0 Å². The molecule has 0 aromatic heterocycles. The van der Waals surface area contributed by atoms with Crippen LogP contribution in [0.25, 0.3) is 6.08 Å². The van der Waals surface area contributed by atoms with E-state index in [1.54, 1.807) is 56.7 Å². The van der Waals surface area contributed by atoms with E-state index in [0.717, 1.165) is 16.8 Å². The Bertz CT molecular complexity index is 1480. The summed E-state index contributed by atoms with van der Waals surface area (Å²) in [6.45, 7) is 3.54. The van der Waals surface area contributed by atoms with E-state index in [0.29, 0.717) is 28.2 Å². The number of carbonyl (C=O) groups excluding carboxylic acids is 3. The van der Waals surface area contributed by atoms with Crippen molar-refractivity contribution in [3.8, 4) is 11.5 Å². The number of carbonyl (C=O) groups is 3. The van der Waals surface area contributed by atoms with E-state index < -0.39 is 23.4 Å². The second-order valence-electron chi connectivity index (χ2n) is 9.99. The van der Waals surface area contributed by atoms with Crippen molar-refractivity contribution in [3.63, 3.8) is 0 Å². The number of nitrogens with zero attached hydrogens (tertiary/aromatic N) is 1. The quantitative estimate of drug-likeness (QED) is 0.475. The van der Waals surface area contributed by atoms with Crippen molar-refractivity contribution in [1.29, 1.82) is 0 Å². The third kappa shape index (κ3) is 2.95. The molecule has 6 nitrogen and oxygen atoms in total. The molecule has 186 valence electrons. The minimum Gasteiger partial charge on any atom is -0.497 e. The fraction of sp³-hybridized carbons (Fsp3) is 0.258. The summed E-state index contributed by atoms with van der Waals surface area (Å²) in [5, 5.41) is 0. The number of ketones is 3. The smallest absolute Gasteiger partial charge is 0.180 e. The zero-order valence-corrected chi connectivity index (χ0v) is 21.1. The second-order valence-corrected chi connectivity index (χ2v) is 9.99. The molecular formula is C31H27NO5. The van der Waals surface area contributed by atoms with Gasteiger partial charge in [-0.15, -0.1) is 0 Å². The van der Waals surface area contributed by atoms with Gasteiger partial charge in [0.1, 0.15) is 16.9 Å². The molecular weight excluding hydrogens is 466 g/mol. The van der Waals surface area contributed by atoms with E-state index in [1.165, 1.54) is 6.92 Å². The van der Waals surface area contributed by atoms with E-state index in [2.05, 4.69) is 6.07 Å². The van der Waals surface area contributed by atoms with Gasteiger partial charge < -0.3 is 14.4 Å². The van der Waals surface area contributed by atoms with Crippen molar-refractivity contribution in [2.45, 2.75) is 31.8 Å². The summed E-state index contributed by atoms with van der Waals surface area (Å²) in [5.41, 5.74) is 2.72. The molecule has 1 saturated heterocycles. The molecule has 1 fully saturated rings. The number of rotatable bonds is 4. The molecule has 3 atom stereocenters. The Balaban J connectivity index is 1.71. The molecule has 1 spiro atoms. The molecule has 37 heavy (non-hydrogen) atoms. The van der Waals surface area contributed by atoms with Gasteiger partial charge in [0.25, 0.3) is 0 Å². The van der Waals surface area contributed by atoms with Crippen LogP contribution in [0, 0.1) is 12.3 Å². The summed E-state index contributed by atoms with van der Waals surface area (Å²) in [6.07, 6.45) is 3.89. The zero-order chi connectivity index (χ0) is 26.1. The third-order valence-corrected chi connectivity index (χ3v) is 8.15. The molecule has 0 saturated carbocycles. The third-order valence-electron chi connectivity index (χ3n) is 8.15. The molecule has 2 aliphatic heterocycles. The van der Waals surface area contributed by atoms with Crippen LogP contribution < -0.4 is 14.4 Å². The summed E-state index contributed by atoms with van der Waals surface area (Å²) >= 11 is 0. The van der Waals surface area contributed by atoms with Gasteiger partial charge in [-0.05, 0) is 49.7 Å². The first kappa shape index (κ1) is 23.2. The number of hydrogen-bond donors (Lipinski definition) is 0. The number of hydrogen-bond acceptors (Lipinski definition) is 6. The molecule has 0 unspecified atom stereocenters. The molecule has 3 aromatic carbocycles. The fourth-order valence-electron chi connectivity index (χ4n) is 6.67. The minimum atomic E-state index is -1.54. The highest BCUT2D eigenvalue weighted by atomic mass is 16.5. The van der Waals surface area contributed by atoms with Gasteiger partial charge in [-0.2, -0.15) is 0 Å². The van der Waals surface area contributed by atoms with Gasteiger partial charge in [0.2, 0.25) is 0 Å². The van der Waals surface area contributed by atoms with Crippen molar-refractivity contribution in [1.82, 2.24) is 0 Å². The lowest BCUT2D eigenvalue weighted by Crippen LogP contribution is -2.48. The number of ether oxygens (including phenoxy) is 2. The largest absolute Gasteiger partial charge is 0.497 e. The highest BCUT2D eigenvalue weighted by molar-refractivity contribution is 6.32. The van der Waals surface area contributed by atoms with E-state index in [4.69, 9.17) is 9.47 Å². The molecule has 6 heteroatoms. The van der Waals surface area contributed by atoms with Crippen molar-refractivity contribution in [2.24, 2.45) is 5.41 Å². The first-order valence-corrected chi connectivity index (χ1v) is 12.3. The summed E-state index contributed by atoms with van der Waals surface area (Å²) in [6, 6.07) is 16.9. The van der Waals surface area contributed by atoms with Crippen molar-refractivity contribution < 1.29 is 23.9 Å². The lowest BCUT2D eigenvalue weighted by atomic mass is 9.64. The maximum atomic E-state index is 14.5. The molecule has 0 bridgehead atoms. The molecule has 6 rings (SSSR count). The highest BCUT2D eigenvalue weighted by Gasteiger charge is 2.71. The molecule has 0 N–H and O–H groups in total. The predicted molar refractivity (Wildman–Crippen MR) is 141 cm³/mol.